The van der Waals surface area contributed by atoms with Crippen molar-refractivity contribution in [2.24, 2.45) is 4.99 Å². The van der Waals surface area contributed by atoms with Crippen LogP contribution in [0.25, 0.3) is 0 Å². The van der Waals surface area contributed by atoms with Gasteiger partial charge in [-0.3, -0.25) is 4.99 Å². The van der Waals surface area contributed by atoms with Crippen LogP contribution in [0.5, 0.6) is 0 Å². The monoisotopic (exact) mass is 378 g/mol. The van der Waals surface area contributed by atoms with Crippen LogP contribution >= 0.6 is 22.6 Å². The topological polar surface area (TPSA) is 15.6 Å². The summed E-state index contributed by atoms with van der Waals surface area (Å²) in [6, 6.07) is 16.6. The fourth-order valence-corrected chi connectivity index (χ4v) is 2.59. The summed E-state index contributed by atoms with van der Waals surface area (Å²) in [6.07, 6.45) is 1.92. The minimum atomic E-state index is 0.987. The first-order chi connectivity index (χ1) is 9.74. The summed E-state index contributed by atoms with van der Waals surface area (Å²) in [7, 11) is 0. The van der Waals surface area contributed by atoms with Gasteiger partial charge in [0.25, 0.3) is 0 Å². The molecule has 0 saturated carbocycles. The molecule has 0 radical (unpaired) electrons. The summed E-state index contributed by atoms with van der Waals surface area (Å²) in [4.78, 5) is 6.87. The standard InChI is InChI=1S/C17H19IN2/c1-3-20(4-2)16-11-9-15(10-12-16)19-13-14-7-5-6-8-17(14)18/h5-13H,3-4H2,1-2H3. The lowest BCUT2D eigenvalue weighted by Gasteiger charge is -2.20. The molecule has 20 heavy (non-hydrogen) atoms. The summed E-state index contributed by atoms with van der Waals surface area (Å²) in [5, 5.41) is 0. The van der Waals surface area contributed by atoms with Crippen molar-refractivity contribution >= 4 is 40.2 Å². The van der Waals surface area contributed by atoms with Gasteiger partial charge >= 0.3 is 0 Å². The molecular weight excluding hydrogens is 359 g/mol. The Labute approximate surface area is 134 Å². The zero-order valence-electron chi connectivity index (χ0n) is 11.9. The molecule has 0 saturated heterocycles. The normalized spacial score (nSPS) is 10.9. The maximum Gasteiger partial charge on any atom is 0.0631 e. The minimum Gasteiger partial charge on any atom is -0.372 e. The summed E-state index contributed by atoms with van der Waals surface area (Å²) < 4.78 is 1.22. The van der Waals surface area contributed by atoms with Gasteiger partial charge in [-0.15, -0.1) is 0 Å². The first-order valence-electron chi connectivity index (χ1n) is 6.88. The van der Waals surface area contributed by atoms with E-state index >= 15 is 0 Å². The zero-order valence-corrected chi connectivity index (χ0v) is 14.0. The fraction of sp³-hybridized carbons (Fsp3) is 0.235. The van der Waals surface area contributed by atoms with Crippen LogP contribution in [0.2, 0.25) is 0 Å². The van der Waals surface area contributed by atoms with Gasteiger partial charge in [-0.2, -0.15) is 0 Å². The number of rotatable bonds is 5. The number of hydrogen-bond acceptors (Lipinski definition) is 2. The molecule has 0 spiro atoms. The van der Waals surface area contributed by atoms with Crippen LogP contribution in [0.1, 0.15) is 19.4 Å². The van der Waals surface area contributed by atoms with Crippen molar-refractivity contribution in [2.45, 2.75) is 13.8 Å². The van der Waals surface area contributed by atoms with Gasteiger partial charge in [0, 0.05) is 34.1 Å². The molecule has 104 valence electrons. The molecule has 2 aromatic carbocycles. The van der Waals surface area contributed by atoms with Gasteiger partial charge in [-0.25, -0.2) is 0 Å². The van der Waals surface area contributed by atoms with E-state index < -0.39 is 0 Å². The maximum absolute atomic E-state index is 4.54. The highest BCUT2D eigenvalue weighted by Crippen LogP contribution is 2.20. The van der Waals surface area contributed by atoms with Crippen molar-refractivity contribution in [3.8, 4) is 0 Å². The molecule has 0 N–H and O–H groups in total. The first kappa shape index (κ1) is 15.0. The quantitative estimate of drug-likeness (QED) is 0.535. The smallest absolute Gasteiger partial charge is 0.0631 e. The Morgan fingerprint density at radius 2 is 1.65 bits per heavy atom. The van der Waals surface area contributed by atoms with Crippen LogP contribution < -0.4 is 4.90 Å². The number of nitrogens with zero attached hydrogens (tertiary/aromatic N) is 2. The zero-order chi connectivity index (χ0) is 14.4. The van der Waals surface area contributed by atoms with Gasteiger partial charge in [0.15, 0.2) is 0 Å². The van der Waals surface area contributed by atoms with Gasteiger partial charge in [0.1, 0.15) is 0 Å². The summed E-state index contributed by atoms with van der Waals surface area (Å²) >= 11 is 2.33. The second-order valence-electron chi connectivity index (χ2n) is 4.47. The molecule has 0 aliphatic heterocycles. The lowest BCUT2D eigenvalue weighted by Crippen LogP contribution is -2.21. The minimum absolute atomic E-state index is 0.987. The Balaban J connectivity index is 2.13. The average molecular weight is 378 g/mol. The summed E-state index contributed by atoms with van der Waals surface area (Å²) in [5.74, 6) is 0. The number of benzene rings is 2. The van der Waals surface area contributed by atoms with E-state index in [4.69, 9.17) is 0 Å². The van der Waals surface area contributed by atoms with E-state index in [9.17, 15) is 0 Å². The average Bonchev–Trinajstić information content (AvgIpc) is 2.49. The van der Waals surface area contributed by atoms with Crippen LogP contribution in [0.4, 0.5) is 11.4 Å². The highest BCUT2D eigenvalue weighted by Gasteiger charge is 2.00. The van der Waals surface area contributed by atoms with E-state index in [0.717, 1.165) is 24.3 Å². The molecule has 0 aliphatic carbocycles. The number of aliphatic imine (C=N–C) groups is 1. The van der Waals surface area contributed by atoms with Gasteiger partial charge in [0.05, 0.1) is 5.69 Å². The van der Waals surface area contributed by atoms with E-state index in [2.05, 4.69) is 82.7 Å². The second kappa shape index (κ2) is 7.43. The van der Waals surface area contributed by atoms with Crippen molar-refractivity contribution in [3.05, 3.63) is 57.7 Å². The second-order valence-corrected chi connectivity index (χ2v) is 5.63. The highest BCUT2D eigenvalue weighted by molar-refractivity contribution is 14.1. The molecule has 3 heteroatoms. The third kappa shape index (κ3) is 3.82. The third-order valence-corrected chi connectivity index (χ3v) is 4.22. The van der Waals surface area contributed by atoms with Crippen molar-refractivity contribution in [1.82, 2.24) is 0 Å². The molecule has 0 bridgehead atoms. The van der Waals surface area contributed by atoms with E-state index in [0.29, 0.717) is 0 Å². The molecule has 2 rings (SSSR count). The summed E-state index contributed by atoms with van der Waals surface area (Å²) in [6.45, 7) is 6.41. The fourth-order valence-electron chi connectivity index (χ4n) is 2.06. The Bertz CT molecular complexity index is 572. The van der Waals surface area contributed by atoms with E-state index in [1.807, 2.05) is 18.3 Å². The van der Waals surface area contributed by atoms with Gasteiger partial charge in [0.2, 0.25) is 0 Å². The predicted molar refractivity (Wildman–Crippen MR) is 96.4 cm³/mol. The summed E-state index contributed by atoms with van der Waals surface area (Å²) in [5.41, 5.74) is 3.39. The molecule has 2 nitrogen and oxygen atoms in total. The number of halogens is 1. The molecule has 0 aromatic heterocycles. The molecule has 0 heterocycles. The van der Waals surface area contributed by atoms with Crippen LogP contribution in [0.3, 0.4) is 0 Å². The first-order valence-corrected chi connectivity index (χ1v) is 7.96. The number of hydrogen-bond donors (Lipinski definition) is 0. The Morgan fingerprint density at radius 1 is 1.00 bits per heavy atom. The van der Waals surface area contributed by atoms with Crippen LogP contribution in [-0.2, 0) is 0 Å². The third-order valence-electron chi connectivity index (χ3n) is 3.24. The van der Waals surface area contributed by atoms with Crippen molar-refractivity contribution in [1.29, 1.82) is 0 Å². The van der Waals surface area contributed by atoms with E-state index in [1.165, 1.54) is 9.26 Å². The number of anilines is 1. The Hall–Kier alpha value is -1.36. The molecular formula is C17H19IN2. The predicted octanol–water partition coefficient (Wildman–Crippen LogP) is 4.89. The van der Waals surface area contributed by atoms with Crippen molar-refractivity contribution < 1.29 is 0 Å². The van der Waals surface area contributed by atoms with Crippen molar-refractivity contribution in [2.75, 3.05) is 18.0 Å². The van der Waals surface area contributed by atoms with Crippen LogP contribution in [0.15, 0.2) is 53.5 Å². The van der Waals surface area contributed by atoms with Crippen molar-refractivity contribution in [3.63, 3.8) is 0 Å². The SMILES string of the molecule is CCN(CC)c1ccc(N=Cc2ccccc2I)cc1. The molecule has 2 aromatic rings. The van der Waals surface area contributed by atoms with E-state index in [-0.39, 0.29) is 0 Å². The molecule has 0 unspecified atom stereocenters. The lowest BCUT2D eigenvalue weighted by atomic mass is 10.2. The van der Waals surface area contributed by atoms with E-state index in [1.54, 1.807) is 0 Å². The van der Waals surface area contributed by atoms with Gasteiger partial charge in [-0.05, 0) is 66.8 Å². The molecule has 0 fully saturated rings. The molecule has 0 aliphatic rings. The molecule has 0 amide bonds. The maximum atomic E-state index is 4.54. The Kier molecular flexibility index (Phi) is 5.59. The van der Waals surface area contributed by atoms with Gasteiger partial charge < -0.3 is 4.90 Å². The van der Waals surface area contributed by atoms with Crippen LogP contribution in [-0.4, -0.2) is 19.3 Å². The largest absolute Gasteiger partial charge is 0.372 e. The Morgan fingerprint density at radius 3 is 2.25 bits per heavy atom. The van der Waals surface area contributed by atoms with Crippen LogP contribution in [0, 0.1) is 3.57 Å². The van der Waals surface area contributed by atoms with Gasteiger partial charge in [-0.1, -0.05) is 18.2 Å². The lowest BCUT2D eigenvalue weighted by molar-refractivity contribution is 0.866. The highest BCUT2D eigenvalue weighted by atomic mass is 127. The molecule has 0 atom stereocenters.